The van der Waals surface area contributed by atoms with Crippen LogP contribution in [0, 0.1) is 0 Å². The highest BCUT2D eigenvalue weighted by Crippen LogP contribution is 2.31. The third-order valence-electron chi connectivity index (χ3n) is 7.17. The maximum atomic E-state index is 13.6. The molecule has 42 heavy (non-hydrogen) atoms. The number of hydrogen-bond acceptors (Lipinski definition) is 7. The summed E-state index contributed by atoms with van der Waals surface area (Å²) in [5, 5.41) is 15.7. The first-order valence-electron chi connectivity index (χ1n) is 13.6. The van der Waals surface area contributed by atoms with Gasteiger partial charge in [0.2, 0.25) is 12.3 Å². The Hall–Kier alpha value is -4.77. The van der Waals surface area contributed by atoms with Crippen molar-refractivity contribution in [1.29, 1.82) is 0 Å². The van der Waals surface area contributed by atoms with Crippen LogP contribution >= 0.6 is 0 Å². The zero-order chi connectivity index (χ0) is 30.1. The van der Waals surface area contributed by atoms with E-state index in [4.69, 9.17) is 9.47 Å². The van der Waals surface area contributed by atoms with Crippen molar-refractivity contribution < 1.29 is 29.0 Å². The summed E-state index contributed by atoms with van der Waals surface area (Å²) in [6.45, 7) is 0.823. The third-order valence-corrected chi connectivity index (χ3v) is 7.17. The van der Waals surface area contributed by atoms with Crippen LogP contribution in [0.15, 0.2) is 72.8 Å². The summed E-state index contributed by atoms with van der Waals surface area (Å²) in [6.07, 6.45) is 0.415. The molecule has 1 aliphatic heterocycles. The fraction of sp³-hybridized carbons (Fsp3) is 0.323. The Bertz CT molecular complexity index is 1350. The second-order valence-electron chi connectivity index (χ2n) is 9.98. The number of ether oxygens (including phenoxy) is 2. The third kappa shape index (κ3) is 7.29. The summed E-state index contributed by atoms with van der Waals surface area (Å²) in [5.41, 5.74) is 2.57. The molecule has 0 radical (unpaired) electrons. The van der Waals surface area contributed by atoms with Crippen molar-refractivity contribution in [2.75, 3.05) is 40.9 Å². The van der Waals surface area contributed by atoms with E-state index in [1.165, 1.54) is 17.0 Å². The lowest BCUT2D eigenvalue weighted by Gasteiger charge is -2.48. The largest absolute Gasteiger partial charge is 0.508 e. The van der Waals surface area contributed by atoms with Gasteiger partial charge in [-0.05, 0) is 35.7 Å². The fourth-order valence-corrected chi connectivity index (χ4v) is 5.05. The molecule has 4 rings (SSSR count). The number of urea groups is 1. The average molecular weight is 576 g/mol. The Morgan fingerprint density at radius 2 is 1.76 bits per heavy atom. The summed E-state index contributed by atoms with van der Waals surface area (Å²) < 4.78 is 11.0. The van der Waals surface area contributed by atoms with Gasteiger partial charge in [-0.3, -0.25) is 9.59 Å². The number of para-hydroxylation sites is 1. The molecule has 222 valence electrons. The number of carbonyl (C=O) groups is 3. The number of phenols is 1. The van der Waals surface area contributed by atoms with E-state index in [1.54, 1.807) is 54.4 Å². The van der Waals surface area contributed by atoms with Gasteiger partial charge in [0.15, 0.2) is 11.5 Å². The molecule has 0 bridgehead atoms. The summed E-state index contributed by atoms with van der Waals surface area (Å²) in [5.74, 6) is 1.03. The highest BCUT2D eigenvalue weighted by molar-refractivity contribution is 5.82. The van der Waals surface area contributed by atoms with Gasteiger partial charge in [0.1, 0.15) is 11.9 Å². The van der Waals surface area contributed by atoms with Crippen LogP contribution in [0.2, 0.25) is 0 Å². The number of rotatable bonds is 12. The molecule has 1 atom stereocenters. The first-order valence-corrected chi connectivity index (χ1v) is 13.6. The van der Waals surface area contributed by atoms with Crippen molar-refractivity contribution in [2.45, 2.75) is 25.7 Å². The molecule has 0 saturated carbocycles. The van der Waals surface area contributed by atoms with Crippen LogP contribution in [0.25, 0.3) is 0 Å². The highest BCUT2D eigenvalue weighted by Gasteiger charge is 2.41. The summed E-state index contributed by atoms with van der Waals surface area (Å²) in [6, 6.07) is 21.3. The monoisotopic (exact) mass is 575 g/mol. The van der Waals surface area contributed by atoms with Gasteiger partial charge < -0.3 is 29.7 Å². The number of nitrogens with zero attached hydrogens (tertiary/aromatic N) is 4. The molecule has 2 N–H and O–H groups in total. The van der Waals surface area contributed by atoms with Crippen molar-refractivity contribution in [1.82, 2.24) is 25.1 Å². The van der Waals surface area contributed by atoms with E-state index in [0.717, 1.165) is 16.7 Å². The number of nitrogens with one attached hydrogen (secondary N) is 1. The average Bonchev–Trinajstić information content (AvgIpc) is 3.00. The second kappa shape index (κ2) is 14.2. The lowest BCUT2D eigenvalue weighted by molar-refractivity contribution is -0.165. The van der Waals surface area contributed by atoms with Crippen molar-refractivity contribution in [3.63, 3.8) is 0 Å². The molecule has 11 heteroatoms. The number of phenolic OH excluding ortho intramolecular Hbond substituents is 1. The smallest absolute Gasteiger partial charge is 0.334 e. The molecule has 0 spiro atoms. The van der Waals surface area contributed by atoms with Crippen LogP contribution in [0.3, 0.4) is 0 Å². The minimum atomic E-state index is -0.786. The Morgan fingerprint density at radius 1 is 1.02 bits per heavy atom. The molecule has 1 aliphatic rings. The van der Waals surface area contributed by atoms with Gasteiger partial charge in [0.25, 0.3) is 0 Å². The molecule has 3 aromatic rings. The molecular weight excluding hydrogens is 538 g/mol. The fourth-order valence-electron chi connectivity index (χ4n) is 5.05. The number of aromatic hydroxyl groups is 1. The van der Waals surface area contributed by atoms with Gasteiger partial charge in [0.05, 0.1) is 27.3 Å². The number of carbonyl (C=O) groups excluding carboxylic acids is 3. The Labute approximate surface area is 245 Å². The molecular formula is C31H37N5O6. The van der Waals surface area contributed by atoms with E-state index in [1.807, 2.05) is 42.5 Å². The van der Waals surface area contributed by atoms with Crippen LogP contribution in [0.4, 0.5) is 4.79 Å². The number of likely N-dealkylation sites (N-methyl/N-ethyl adjacent to an activating group) is 1. The van der Waals surface area contributed by atoms with Gasteiger partial charge >= 0.3 is 6.03 Å². The van der Waals surface area contributed by atoms with Crippen LogP contribution in [-0.4, -0.2) is 90.3 Å². The summed E-state index contributed by atoms with van der Waals surface area (Å²) in [4.78, 5) is 42.6. The normalized spacial score (nSPS) is 15.3. The minimum absolute atomic E-state index is 0.00433. The van der Waals surface area contributed by atoms with Crippen LogP contribution in [0.5, 0.6) is 17.2 Å². The standard InChI is InChI=1S/C31H37N5O6/c1-33-21-29(39)35(17-16-23-12-14-26(38)15-13-23)28(36(33)31(40)32-18-24-8-5-4-6-9-24)20-34(22-37)19-25-10-7-11-27(41-2)30(25)42-3/h4-15,22,28,38H,16-21H2,1-3H3,(H,32,40). The number of hydrazine groups is 1. The molecule has 1 unspecified atom stereocenters. The van der Waals surface area contributed by atoms with E-state index >= 15 is 0 Å². The Balaban J connectivity index is 1.61. The molecule has 3 aromatic carbocycles. The molecule has 1 fully saturated rings. The van der Waals surface area contributed by atoms with Crippen LogP contribution < -0.4 is 14.8 Å². The number of amides is 4. The van der Waals surface area contributed by atoms with Gasteiger partial charge in [-0.15, -0.1) is 0 Å². The molecule has 1 saturated heterocycles. The van der Waals surface area contributed by atoms with Gasteiger partial charge in [-0.25, -0.2) is 14.8 Å². The predicted molar refractivity (Wildman–Crippen MR) is 156 cm³/mol. The van der Waals surface area contributed by atoms with Crippen LogP contribution in [0.1, 0.15) is 16.7 Å². The maximum Gasteiger partial charge on any atom is 0.334 e. The van der Waals surface area contributed by atoms with Gasteiger partial charge in [-0.1, -0.05) is 54.6 Å². The SMILES string of the molecule is COc1cccc(CN(C=O)CC2N(CCc3ccc(O)cc3)C(=O)CN(C)N2C(=O)NCc2ccccc2)c1OC. The van der Waals surface area contributed by atoms with E-state index in [9.17, 15) is 19.5 Å². The molecule has 4 amide bonds. The van der Waals surface area contributed by atoms with E-state index in [-0.39, 0.29) is 31.3 Å². The Morgan fingerprint density at radius 3 is 2.43 bits per heavy atom. The first kappa shape index (κ1) is 30.2. The summed E-state index contributed by atoms with van der Waals surface area (Å²) >= 11 is 0. The van der Waals surface area contributed by atoms with Crippen molar-refractivity contribution >= 4 is 18.3 Å². The predicted octanol–water partition coefficient (Wildman–Crippen LogP) is 2.84. The quantitative estimate of drug-likeness (QED) is 0.319. The van der Waals surface area contributed by atoms with Gasteiger partial charge in [0, 0.05) is 32.2 Å². The highest BCUT2D eigenvalue weighted by atomic mass is 16.5. The summed E-state index contributed by atoms with van der Waals surface area (Å²) in [7, 11) is 4.76. The number of methoxy groups -OCH3 is 2. The van der Waals surface area contributed by atoms with Crippen LogP contribution in [-0.2, 0) is 29.1 Å². The first-order chi connectivity index (χ1) is 20.3. The van der Waals surface area contributed by atoms with Crippen molar-refractivity contribution in [3.05, 3.63) is 89.5 Å². The van der Waals surface area contributed by atoms with Crippen molar-refractivity contribution in [2.24, 2.45) is 0 Å². The van der Waals surface area contributed by atoms with Gasteiger partial charge in [-0.2, -0.15) is 0 Å². The second-order valence-corrected chi connectivity index (χ2v) is 9.98. The molecule has 1 heterocycles. The molecule has 11 nitrogen and oxygen atoms in total. The molecule has 0 aromatic heterocycles. The molecule has 0 aliphatic carbocycles. The lowest BCUT2D eigenvalue weighted by Crippen LogP contribution is -2.69. The zero-order valence-corrected chi connectivity index (χ0v) is 24.1. The number of hydrogen-bond donors (Lipinski definition) is 2. The maximum absolute atomic E-state index is 13.6. The lowest BCUT2D eigenvalue weighted by atomic mass is 10.1. The van der Waals surface area contributed by atoms with E-state index in [2.05, 4.69) is 5.32 Å². The van der Waals surface area contributed by atoms with E-state index < -0.39 is 12.2 Å². The Kier molecular flexibility index (Phi) is 10.2. The minimum Gasteiger partial charge on any atom is -0.508 e. The van der Waals surface area contributed by atoms with E-state index in [0.29, 0.717) is 37.4 Å². The van der Waals surface area contributed by atoms with Crippen molar-refractivity contribution in [3.8, 4) is 17.2 Å². The zero-order valence-electron chi connectivity index (χ0n) is 24.1. The number of benzene rings is 3. The topological polar surface area (TPSA) is 115 Å².